The number of benzene rings is 2. The molecule has 2 nitrogen and oxygen atoms in total. The molecule has 3 aromatic rings. The van der Waals surface area contributed by atoms with Crippen LogP contribution in [0.15, 0.2) is 66.9 Å². The molecule has 1 aromatic heterocycles. The Morgan fingerprint density at radius 1 is 0.862 bits per heavy atom. The van der Waals surface area contributed by atoms with Crippen LogP contribution >= 0.6 is 0 Å². The number of fused-ring (bicyclic) bond motifs is 1. The number of aryl methyl sites for hydroxylation is 2. The summed E-state index contributed by atoms with van der Waals surface area (Å²) in [6.45, 7) is 6.91. The molecule has 2 aromatic carbocycles. The molecule has 152 valence electrons. The molecular weight excluding hydrogens is 352 g/mol. The summed E-state index contributed by atoms with van der Waals surface area (Å²) in [7, 11) is 0. The summed E-state index contributed by atoms with van der Waals surface area (Å²) in [6.07, 6.45) is 12.3. The summed E-state index contributed by atoms with van der Waals surface area (Å²) < 4.78 is 2.47. The van der Waals surface area contributed by atoms with Crippen molar-refractivity contribution in [1.82, 2.24) is 9.47 Å². The van der Waals surface area contributed by atoms with Crippen LogP contribution < -0.4 is 0 Å². The summed E-state index contributed by atoms with van der Waals surface area (Å²) in [5.74, 6) is 0. The second-order valence-corrected chi connectivity index (χ2v) is 8.32. The predicted molar refractivity (Wildman–Crippen MR) is 125 cm³/mol. The van der Waals surface area contributed by atoms with Gasteiger partial charge in [0.2, 0.25) is 0 Å². The number of para-hydroxylation sites is 1. The molecule has 2 heterocycles. The van der Waals surface area contributed by atoms with E-state index in [4.69, 9.17) is 0 Å². The van der Waals surface area contributed by atoms with E-state index >= 15 is 0 Å². The van der Waals surface area contributed by atoms with Crippen molar-refractivity contribution >= 4 is 16.5 Å². The second-order valence-electron chi connectivity index (χ2n) is 8.32. The van der Waals surface area contributed by atoms with Gasteiger partial charge in [-0.15, -0.1) is 0 Å². The third-order valence-corrected chi connectivity index (χ3v) is 6.23. The summed E-state index contributed by atoms with van der Waals surface area (Å²) in [4.78, 5) is 2.61. The van der Waals surface area contributed by atoms with Crippen LogP contribution in [0.5, 0.6) is 0 Å². The van der Waals surface area contributed by atoms with E-state index in [0.29, 0.717) is 0 Å². The van der Waals surface area contributed by atoms with E-state index in [1.165, 1.54) is 79.2 Å². The van der Waals surface area contributed by atoms with Crippen LogP contribution in [0.1, 0.15) is 50.2 Å². The minimum Gasteiger partial charge on any atom is -0.347 e. The Balaban J connectivity index is 1.28. The molecule has 0 aliphatic carbocycles. The van der Waals surface area contributed by atoms with Crippen molar-refractivity contribution in [2.24, 2.45) is 0 Å². The number of unbranched alkanes of at least 4 members (excludes halogenated alkanes) is 2. The number of aromatic nitrogens is 1. The maximum Gasteiger partial charge on any atom is 0.0483 e. The molecule has 0 bridgehead atoms. The zero-order valence-electron chi connectivity index (χ0n) is 17.8. The first-order valence-corrected chi connectivity index (χ1v) is 11.4. The SMILES string of the molecule is CCCCn1cc(CCCCN2CC=C(c3ccccc3)CC2)c2ccccc21. The average molecular weight is 387 g/mol. The van der Waals surface area contributed by atoms with Crippen LogP contribution in [0.3, 0.4) is 0 Å². The average Bonchev–Trinajstić information content (AvgIpc) is 3.14. The largest absolute Gasteiger partial charge is 0.347 e. The van der Waals surface area contributed by atoms with Crippen LogP contribution in [-0.4, -0.2) is 29.1 Å². The fourth-order valence-electron chi connectivity index (χ4n) is 4.52. The Kier molecular flexibility index (Phi) is 6.84. The lowest BCUT2D eigenvalue weighted by Gasteiger charge is -2.26. The smallest absolute Gasteiger partial charge is 0.0483 e. The first-order valence-electron chi connectivity index (χ1n) is 11.4. The maximum absolute atomic E-state index is 2.61. The van der Waals surface area contributed by atoms with Gasteiger partial charge in [-0.05, 0) is 61.4 Å². The summed E-state index contributed by atoms with van der Waals surface area (Å²) >= 11 is 0. The van der Waals surface area contributed by atoms with Crippen molar-refractivity contribution in [2.45, 2.75) is 52.0 Å². The van der Waals surface area contributed by atoms with Gasteiger partial charge in [-0.2, -0.15) is 0 Å². The highest BCUT2D eigenvalue weighted by molar-refractivity contribution is 5.84. The summed E-state index contributed by atoms with van der Waals surface area (Å²) in [6, 6.07) is 19.8. The first kappa shape index (κ1) is 20.0. The van der Waals surface area contributed by atoms with Crippen LogP contribution in [0.4, 0.5) is 0 Å². The van der Waals surface area contributed by atoms with Gasteiger partial charge in [-0.25, -0.2) is 0 Å². The third-order valence-electron chi connectivity index (χ3n) is 6.23. The molecule has 0 N–H and O–H groups in total. The van der Waals surface area contributed by atoms with Crippen molar-refractivity contribution in [3.63, 3.8) is 0 Å². The zero-order valence-corrected chi connectivity index (χ0v) is 17.8. The highest BCUT2D eigenvalue weighted by atomic mass is 15.1. The van der Waals surface area contributed by atoms with Gasteiger partial charge in [0.05, 0.1) is 0 Å². The van der Waals surface area contributed by atoms with Gasteiger partial charge < -0.3 is 4.57 Å². The van der Waals surface area contributed by atoms with Crippen LogP contribution in [0, 0.1) is 0 Å². The zero-order chi connectivity index (χ0) is 19.9. The molecule has 0 saturated heterocycles. The molecule has 0 spiro atoms. The molecule has 0 atom stereocenters. The normalized spacial score (nSPS) is 15.0. The van der Waals surface area contributed by atoms with Gasteiger partial charge in [0.25, 0.3) is 0 Å². The standard InChI is InChI=1S/C27H34N2/c1-2-3-19-29-22-25(26-14-7-8-15-27(26)29)13-9-10-18-28-20-16-24(17-21-28)23-11-5-4-6-12-23/h4-8,11-12,14-16,22H,2-3,9-10,13,17-21H2,1H3. The lowest BCUT2D eigenvalue weighted by atomic mass is 9.99. The molecular formula is C27H34N2. The fraction of sp³-hybridized carbons (Fsp3) is 0.407. The van der Waals surface area contributed by atoms with E-state index in [0.717, 1.165) is 13.1 Å². The number of rotatable bonds is 9. The molecule has 4 rings (SSSR count). The lowest BCUT2D eigenvalue weighted by Crippen LogP contribution is -2.29. The van der Waals surface area contributed by atoms with E-state index < -0.39 is 0 Å². The van der Waals surface area contributed by atoms with Gasteiger partial charge >= 0.3 is 0 Å². The van der Waals surface area contributed by atoms with Crippen molar-refractivity contribution in [3.8, 4) is 0 Å². The molecule has 0 fully saturated rings. The third kappa shape index (κ3) is 5.00. The van der Waals surface area contributed by atoms with Gasteiger partial charge in [-0.1, -0.05) is 68.0 Å². The van der Waals surface area contributed by atoms with Crippen molar-refractivity contribution in [3.05, 3.63) is 78.0 Å². The molecule has 2 heteroatoms. The topological polar surface area (TPSA) is 8.17 Å². The molecule has 29 heavy (non-hydrogen) atoms. The minimum absolute atomic E-state index is 1.10. The Morgan fingerprint density at radius 3 is 2.48 bits per heavy atom. The maximum atomic E-state index is 2.61. The van der Waals surface area contributed by atoms with Gasteiger partial charge in [0, 0.05) is 36.7 Å². The number of hydrogen-bond acceptors (Lipinski definition) is 1. The number of hydrogen-bond donors (Lipinski definition) is 0. The molecule has 0 amide bonds. The quantitative estimate of drug-likeness (QED) is 0.378. The monoisotopic (exact) mass is 386 g/mol. The van der Waals surface area contributed by atoms with Gasteiger partial charge in [-0.3, -0.25) is 4.90 Å². The lowest BCUT2D eigenvalue weighted by molar-refractivity contribution is 0.295. The molecule has 1 aliphatic heterocycles. The van der Waals surface area contributed by atoms with Crippen molar-refractivity contribution in [1.29, 1.82) is 0 Å². The summed E-state index contributed by atoms with van der Waals surface area (Å²) in [5.41, 5.74) is 5.85. The van der Waals surface area contributed by atoms with Crippen LogP contribution in [0.2, 0.25) is 0 Å². The van der Waals surface area contributed by atoms with Crippen molar-refractivity contribution < 1.29 is 0 Å². The van der Waals surface area contributed by atoms with Crippen molar-refractivity contribution in [2.75, 3.05) is 19.6 Å². The van der Waals surface area contributed by atoms with Crippen LogP contribution in [0.25, 0.3) is 16.5 Å². The van der Waals surface area contributed by atoms with Crippen LogP contribution in [-0.2, 0) is 13.0 Å². The van der Waals surface area contributed by atoms with E-state index in [1.807, 2.05) is 0 Å². The van der Waals surface area contributed by atoms with E-state index in [1.54, 1.807) is 0 Å². The van der Waals surface area contributed by atoms with Gasteiger partial charge in [0.1, 0.15) is 0 Å². The highest BCUT2D eigenvalue weighted by Gasteiger charge is 2.13. The Morgan fingerprint density at radius 2 is 1.69 bits per heavy atom. The minimum atomic E-state index is 1.10. The van der Waals surface area contributed by atoms with E-state index in [-0.39, 0.29) is 0 Å². The first-order chi connectivity index (χ1) is 14.3. The van der Waals surface area contributed by atoms with Gasteiger partial charge in [0.15, 0.2) is 0 Å². The second kappa shape index (κ2) is 9.93. The Labute approximate surface area is 175 Å². The summed E-state index contributed by atoms with van der Waals surface area (Å²) in [5, 5.41) is 1.46. The fourth-order valence-corrected chi connectivity index (χ4v) is 4.52. The molecule has 0 unspecified atom stereocenters. The highest BCUT2D eigenvalue weighted by Crippen LogP contribution is 2.24. The predicted octanol–water partition coefficient (Wildman–Crippen LogP) is 6.55. The molecule has 0 radical (unpaired) electrons. The van der Waals surface area contributed by atoms with E-state index in [2.05, 4.69) is 83.3 Å². The van der Waals surface area contributed by atoms with E-state index in [9.17, 15) is 0 Å². The molecule has 1 aliphatic rings. The number of nitrogens with zero attached hydrogens (tertiary/aromatic N) is 2. The molecule has 0 saturated carbocycles. The Hall–Kier alpha value is -2.32. The Bertz CT molecular complexity index is 936.